The first-order chi connectivity index (χ1) is 16.1. The van der Waals surface area contributed by atoms with Gasteiger partial charge in [-0.3, -0.25) is 4.79 Å². The lowest BCUT2D eigenvalue weighted by molar-refractivity contribution is 0.0954. The van der Waals surface area contributed by atoms with E-state index in [9.17, 15) is 4.79 Å². The lowest BCUT2D eigenvalue weighted by Crippen LogP contribution is -2.26. The largest absolute Gasteiger partial charge is 0.494 e. The predicted molar refractivity (Wildman–Crippen MR) is 133 cm³/mol. The van der Waals surface area contributed by atoms with Crippen LogP contribution in [0.25, 0.3) is 11.0 Å². The summed E-state index contributed by atoms with van der Waals surface area (Å²) in [4.78, 5) is 17.1. The first-order valence-electron chi connectivity index (χ1n) is 11.3. The normalized spacial score (nSPS) is 11.0. The van der Waals surface area contributed by atoms with Gasteiger partial charge in [0, 0.05) is 30.1 Å². The second-order valence-electron chi connectivity index (χ2n) is 8.01. The van der Waals surface area contributed by atoms with Crippen molar-refractivity contribution in [3.8, 4) is 5.75 Å². The van der Waals surface area contributed by atoms with Crippen molar-refractivity contribution in [3.63, 3.8) is 0 Å². The molecule has 6 heteroatoms. The molecule has 4 aromatic rings. The van der Waals surface area contributed by atoms with E-state index in [1.807, 2.05) is 73.7 Å². The number of unbranched alkanes of at least 4 members (excludes halogenated alkanes) is 1. The maximum absolute atomic E-state index is 12.3. The fourth-order valence-electron chi connectivity index (χ4n) is 3.81. The number of benzene rings is 3. The van der Waals surface area contributed by atoms with Gasteiger partial charge in [-0.15, -0.1) is 0 Å². The van der Waals surface area contributed by atoms with E-state index in [2.05, 4.69) is 16.0 Å². The van der Waals surface area contributed by atoms with Gasteiger partial charge in [0.05, 0.1) is 17.6 Å². The predicted octanol–water partition coefficient (Wildman–Crippen LogP) is 5.83. The Bertz CT molecular complexity index is 1220. The van der Waals surface area contributed by atoms with Crippen LogP contribution in [0, 0.1) is 6.92 Å². The molecule has 3 aromatic carbocycles. The summed E-state index contributed by atoms with van der Waals surface area (Å²) in [5, 5.41) is 3.75. The fourth-order valence-corrected chi connectivity index (χ4v) is 3.93. The maximum Gasteiger partial charge on any atom is 0.251 e. The molecule has 0 radical (unpaired) electrons. The molecule has 5 nitrogen and oxygen atoms in total. The lowest BCUT2D eigenvalue weighted by Gasteiger charge is -2.11. The summed E-state index contributed by atoms with van der Waals surface area (Å²) < 4.78 is 8.14. The first kappa shape index (κ1) is 22.9. The highest BCUT2D eigenvalue weighted by molar-refractivity contribution is 6.31. The van der Waals surface area contributed by atoms with Crippen molar-refractivity contribution in [1.82, 2.24) is 14.9 Å². The smallest absolute Gasteiger partial charge is 0.251 e. The Morgan fingerprint density at radius 3 is 2.64 bits per heavy atom. The molecule has 0 aliphatic carbocycles. The minimum absolute atomic E-state index is 0.0622. The van der Waals surface area contributed by atoms with Crippen LogP contribution in [0.5, 0.6) is 5.75 Å². The Labute approximate surface area is 199 Å². The third-order valence-electron chi connectivity index (χ3n) is 5.58. The number of aryl methyl sites for hydroxylation is 2. The van der Waals surface area contributed by atoms with Crippen LogP contribution in [0.3, 0.4) is 0 Å². The van der Waals surface area contributed by atoms with Crippen LogP contribution >= 0.6 is 11.6 Å². The number of amides is 1. The number of rotatable bonds is 10. The average molecular weight is 462 g/mol. The van der Waals surface area contributed by atoms with Crippen LogP contribution in [0.4, 0.5) is 0 Å². The summed E-state index contributed by atoms with van der Waals surface area (Å²) in [6.45, 7) is 4.01. The number of carbonyl (C=O) groups excluding carboxylic acids is 1. The number of carbonyl (C=O) groups is 1. The third kappa shape index (κ3) is 5.93. The number of nitrogens with zero attached hydrogens (tertiary/aromatic N) is 2. The maximum atomic E-state index is 12.3. The monoisotopic (exact) mass is 461 g/mol. The second-order valence-corrected chi connectivity index (χ2v) is 8.41. The van der Waals surface area contributed by atoms with E-state index in [1.54, 1.807) is 0 Å². The van der Waals surface area contributed by atoms with Crippen LogP contribution in [0.1, 0.15) is 34.6 Å². The molecular formula is C27H28ClN3O2. The Balaban J connectivity index is 1.32. The van der Waals surface area contributed by atoms with Crippen molar-refractivity contribution in [2.45, 2.75) is 32.7 Å². The van der Waals surface area contributed by atoms with Gasteiger partial charge >= 0.3 is 0 Å². The highest BCUT2D eigenvalue weighted by atomic mass is 35.5. The summed E-state index contributed by atoms with van der Waals surface area (Å²) in [6, 6.07) is 23.2. The van der Waals surface area contributed by atoms with Gasteiger partial charge in [0.2, 0.25) is 0 Å². The summed E-state index contributed by atoms with van der Waals surface area (Å²) in [6.07, 6.45) is 2.57. The molecule has 0 saturated carbocycles. The van der Waals surface area contributed by atoms with E-state index < -0.39 is 0 Å². The zero-order chi connectivity index (χ0) is 23.0. The van der Waals surface area contributed by atoms with Gasteiger partial charge in [0.15, 0.2) is 0 Å². The quantitative estimate of drug-likeness (QED) is 0.302. The Morgan fingerprint density at radius 2 is 1.82 bits per heavy atom. The molecule has 1 amide bonds. The van der Waals surface area contributed by atoms with Crippen molar-refractivity contribution in [1.29, 1.82) is 0 Å². The van der Waals surface area contributed by atoms with E-state index in [4.69, 9.17) is 21.3 Å². The minimum Gasteiger partial charge on any atom is -0.494 e. The highest BCUT2D eigenvalue weighted by Crippen LogP contribution is 2.21. The van der Waals surface area contributed by atoms with E-state index >= 15 is 0 Å². The van der Waals surface area contributed by atoms with Gasteiger partial charge in [-0.25, -0.2) is 4.98 Å². The van der Waals surface area contributed by atoms with Crippen LogP contribution < -0.4 is 10.1 Å². The molecule has 0 spiro atoms. The summed E-state index contributed by atoms with van der Waals surface area (Å²) >= 11 is 6.08. The molecule has 1 aromatic heterocycles. The molecule has 0 aliphatic heterocycles. The SMILES string of the molecule is Cc1cc(OCCCCn2c(CCNC(=O)c3ccccc3)nc3ccccc32)ccc1Cl. The molecule has 1 N–H and O–H groups in total. The molecule has 0 saturated heterocycles. The van der Waals surface area contributed by atoms with Crippen LogP contribution in [0.15, 0.2) is 72.8 Å². The number of hydrogen-bond donors (Lipinski definition) is 1. The van der Waals surface area contributed by atoms with Crippen molar-refractivity contribution >= 4 is 28.5 Å². The van der Waals surface area contributed by atoms with Gasteiger partial charge in [0.1, 0.15) is 11.6 Å². The lowest BCUT2D eigenvalue weighted by atomic mass is 10.2. The van der Waals surface area contributed by atoms with Crippen LogP contribution in [-0.2, 0) is 13.0 Å². The van der Waals surface area contributed by atoms with Gasteiger partial charge < -0.3 is 14.6 Å². The molecule has 1 heterocycles. The Hall–Kier alpha value is -3.31. The van der Waals surface area contributed by atoms with E-state index in [0.717, 1.165) is 52.6 Å². The van der Waals surface area contributed by atoms with Crippen molar-refractivity contribution < 1.29 is 9.53 Å². The number of aromatic nitrogens is 2. The van der Waals surface area contributed by atoms with Crippen LogP contribution in [-0.4, -0.2) is 28.6 Å². The zero-order valence-electron chi connectivity index (χ0n) is 18.8. The molecule has 170 valence electrons. The van der Waals surface area contributed by atoms with Gasteiger partial charge in [0.25, 0.3) is 5.91 Å². The number of halogens is 1. The van der Waals surface area contributed by atoms with Crippen molar-refractivity contribution in [2.24, 2.45) is 0 Å². The zero-order valence-corrected chi connectivity index (χ0v) is 19.5. The molecule has 0 unspecified atom stereocenters. The third-order valence-corrected chi connectivity index (χ3v) is 6.00. The van der Waals surface area contributed by atoms with E-state index in [1.165, 1.54) is 0 Å². The fraction of sp³-hybridized carbons (Fsp3) is 0.259. The number of hydrogen-bond acceptors (Lipinski definition) is 3. The Morgan fingerprint density at radius 1 is 1.03 bits per heavy atom. The summed E-state index contributed by atoms with van der Waals surface area (Å²) in [7, 11) is 0. The minimum atomic E-state index is -0.0622. The number of nitrogens with one attached hydrogen (secondary N) is 1. The standard InChI is InChI=1S/C27H28ClN3O2/c1-20-19-22(13-14-23(20)28)33-18-8-7-17-31-25-12-6-5-11-24(25)30-26(31)15-16-29-27(32)21-9-3-2-4-10-21/h2-6,9-14,19H,7-8,15-18H2,1H3,(H,29,32). The number of para-hydroxylation sites is 2. The highest BCUT2D eigenvalue weighted by Gasteiger charge is 2.11. The topological polar surface area (TPSA) is 56.1 Å². The van der Waals surface area contributed by atoms with Gasteiger partial charge in [-0.05, 0) is 67.8 Å². The van der Waals surface area contributed by atoms with Crippen LogP contribution in [0.2, 0.25) is 5.02 Å². The van der Waals surface area contributed by atoms with Gasteiger partial charge in [-0.1, -0.05) is 41.9 Å². The molecule has 0 atom stereocenters. The molecule has 4 rings (SSSR count). The molecule has 0 bridgehead atoms. The second kappa shape index (κ2) is 11.0. The summed E-state index contributed by atoms with van der Waals surface area (Å²) in [5.74, 6) is 1.77. The van der Waals surface area contributed by atoms with Crippen molar-refractivity contribution in [3.05, 3.63) is 94.8 Å². The van der Waals surface area contributed by atoms with E-state index in [0.29, 0.717) is 25.1 Å². The number of ether oxygens (including phenoxy) is 1. The number of fused-ring (bicyclic) bond motifs is 1. The van der Waals surface area contributed by atoms with Crippen molar-refractivity contribution in [2.75, 3.05) is 13.2 Å². The molecule has 0 aliphatic rings. The Kier molecular flexibility index (Phi) is 7.63. The van der Waals surface area contributed by atoms with E-state index in [-0.39, 0.29) is 5.91 Å². The average Bonchev–Trinajstić information content (AvgIpc) is 3.19. The summed E-state index contributed by atoms with van der Waals surface area (Å²) in [5.41, 5.74) is 3.79. The first-order valence-corrected chi connectivity index (χ1v) is 11.7. The molecule has 0 fully saturated rings. The molecular weight excluding hydrogens is 434 g/mol. The molecule has 33 heavy (non-hydrogen) atoms. The number of imidazole rings is 1. The van der Waals surface area contributed by atoms with Gasteiger partial charge in [-0.2, -0.15) is 0 Å².